The molecular formula is C15H14Cl2FN. The van der Waals surface area contributed by atoms with Gasteiger partial charge in [0.05, 0.1) is 5.02 Å². The Bertz CT molecular complexity index is 531. The second-order valence-corrected chi connectivity index (χ2v) is 4.93. The molecule has 0 aliphatic carbocycles. The summed E-state index contributed by atoms with van der Waals surface area (Å²) in [4.78, 5) is 0. The van der Waals surface area contributed by atoms with Gasteiger partial charge in [0.15, 0.2) is 0 Å². The van der Waals surface area contributed by atoms with E-state index in [0.29, 0.717) is 18.0 Å². The van der Waals surface area contributed by atoms with E-state index >= 15 is 0 Å². The Kier molecular flexibility index (Phi) is 5.20. The molecule has 0 heterocycles. The lowest BCUT2D eigenvalue weighted by atomic mass is 10.1. The van der Waals surface area contributed by atoms with E-state index in [-0.39, 0.29) is 16.9 Å². The van der Waals surface area contributed by atoms with E-state index in [1.165, 1.54) is 6.07 Å². The first-order valence-electron chi connectivity index (χ1n) is 5.99. The maximum absolute atomic E-state index is 13.8. The van der Waals surface area contributed by atoms with Gasteiger partial charge in [-0.25, -0.2) is 4.39 Å². The average molecular weight is 298 g/mol. The maximum Gasteiger partial charge on any atom is 0.146 e. The first kappa shape index (κ1) is 14.3. The summed E-state index contributed by atoms with van der Waals surface area (Å²) in [5.74, 6) is 0.0460. The Morgan fingerprint density at radius 1 is 1.05 bits per heavy atom. The molecule has 0 saturated carbocycles. The fourth-order valence-electron chi connectivity index (χ4n) is 1.86. The van der Waals surface area contributed by atoms with Gasteiger partial charge in [-0.1, -0.05) is 54.1 Å². The van der Waals surface area contributed by atoms with Crippen molar-refractivity contribution >= 4 is 23.2 Å². The third kappa shape index (κ3) is 3.69. The highest BCUT2D eigenvalue weighted by molar-refractivity contribution is 6.30. The molecule has 0 aliphatic heterocycles. The summed E-state index contributed by atoms with van der Waals surface area (Å²) in [6, 6.07) is 14.8. The third-order valence-corrected chi connectivity index (χ3v) is 3.53. The van der Waals surface area contributed by atoms with Gasteiger partial charge in [0.2, 0.25) is 0 Å². The number of rotatable bonds is 5. The normalized spacial score (nSPS) is 12.4. The molecule has 1 atom stereocenters. The molecule has 0 aromatic heterocycles. The molecule has 19 heavy (non-hydrogen) atoms. The second-order valence-electron chi connectivity index (χ2n) is 4.21. The summed E-state index contributed by atoms with van der Waals surface area (Å²) in [7, 11) is 0. The molecule has 2 rings (SSSR count). The van der Waals surface area contributed by atoms with E-state index in [4.69, 9.17) is 23.2 Å². The van der Waals surface area contributed by atoms with Crippen LogP contribution in [0.1, 0.15) is 17.2 Å². The Morgan fingerprint density at radius 3 is 2.47 bits per heavy atom. The monoisotopic (exact) mass is 297 g/mol. The van der Waals surface area contributed by atoms with Crippen molar-refractivity contribution < 1.29 is 4.39 Å². The van der Waals surface area contributed by atoms with Crippen LogP contribution in [0.4, 0.5) is 4.39 Å². The zero-order chi connectivity index (χ0) is 13.7. The van der Waals surface area contributed by atoms with Crippen LogP contribution in [0.3, 0.4) is 0 Å². The minimum absolute atomic E-state index is 0.0127. The van der Waals surface area contributed by atoms with Crippen LogP contribution < -0.4 is 5.32 Å². The molecule has 0 fully saturated rings. The van der Waals surface area contributed by atoms with E-state index in [9.17, 15) is 4.39 Å². The molecule has 0 saturated heterocycles. The summed E-state index contributed by atoms with van der Waals surface area (Å²) in [6.45, 7) is 0.388. The smallest absolute Gasteiger partial charge is 0.146 e. The number of hydrogen-bond donors (Lipinski definition) is 1. The number of halogens is 3. The Morgan fingerprint density at radius 2 is 1.79 bits per heavy atom. The van der Waals surface area contributed by atoms with Crippen molar-refractivity contribution in [2.45, 2.75) is 12.6 Å². The lowest BCUT2D eigenvalue weighted by molar-refractivity contribution is 0.547. The number of hydrogen-bond acceptors (Lipinski definition) is 1. The van der Waals surface area contributed by atoms with Gasteiger partial charge in [-0.3, -0.25) is 0 Å². The molecule has 1 unspecified atom stereocenters. The van der Waals surface area contributed by atoms with Gasteiger partial charge < -0.3 is 5.32 Å². The molecule has 4 heteroatoms. The predicted molar refractivity (Wildman–Crippen MR) is 78.2 cm³/mol. The quantitative estimate of drug-likeness (QED) is 0.799. The summed E-state index contributed by atoms with van der Waals surface area (Å²) >= 11 is 11.7. The van der Waals surface area contributed by atoms with Crippen molar-refractivity contribution in [3.63, 3.8) is 0 Å². The van der Waals surface area contributed by atoms with Crippen LogP contribution in [0.25, 0.3) is 0 Å². The van der Waals surface area contributed by atoms with Crippen molar-refractivity contribution in [2.24, 2.45) is 0 Å². The van der Waals surface area contributed by atoms with Gasteiger partial charge in [-0.15, -0.1) is 11.6 Å². The van der Waals surface area contributed by atoms with Crippen LogP contribution in [-0.2, 0) is 6.54 Å². The van der Waals surface area contributed by atoms with Crippen LogP contribution in [0, 0.1) is 5.82 Å². The molecule has 1 N–H and O–H groups in total. The lowest BCUT2D eigenvalue weighted by Gasteiger charge is -2.17. The molecule has 0 aliphatic rings. The van der Waals surface area contributed by atoms with Gasteiger partial charge in [0.1, 0.15) is 5.82 Å². The predicted octanol–water partition coefficient (Wildman–Crippen LogP) is 4.55. The largest absolute Gasteiger partial charge is 0.305 e. The lowest BCUT2D eigenvalue weighted by Crippen LogP contribution is -2.22. The molecule has 0 radical (unpaired) electrons. The summed E-state index contributed by atoms with van der Waals surface area (Å²) in [5.41, 5.74) is 1.62. The molecule has 0 bridgehead atoms. The Hall–Kier alpha value is -1.09. The fraction of sp³-hybridized carbons (Fsp3) is 0.200. The van der Waals surface area contributed by atoms with E-state index in [1.54, 1.807) is 12.1 Å². The summed E-state index contributed by atoms with van der Waals surface area (Å²) in [5, 5.41) is 3.38. The van der Waals surface area contributed by atoms with Crippen LogP contribution >= 0.6 is 23.2 Å². The zero-order valence-corrected chi connectivity index (χ0v) is 11.8. The molecular weight excluding hydrogens is 284 g/mol. The fourth-order valence-corrected chi connectivity index (χ4v) is 2.35. The van der Waals surface area contributed by atoms with Crippen molar-refractivity contribution in [3.8, 4) is 0 Å². The van der Waals surface area contributed by atoms with Crippen LogP contribution in [-0.4, -0.2) is 5.88 Å². The Labute approximate surface area is 122 Å². The maximum atomic E-state index is 13.8. The van der Waals surface area contributed by atoms with E-state index < -0.39 is 0 Å². The highest BCUT2D eigenvalue weighted by Crippen LogP contribution is 2.19. The van der Waals surface area contributed by atoms with Gasteiger partial charge in [-0.2, -0.15) is 0 Å². The van der Waals surface area contributed by atoms with E-state index in [1.807, 2.05) is 30.3 Å². The standard InChI is InChI=1S/C15H14Cl2FN/c16-9-14(11-5-2-1-3-6-11)19-10-12-7-4-8-13(17)15(12)18/h1-8,14,19H,9-10H2. The van der Waals surface area contributed by atoms with E-state index in [2.05, 4.69) is 5.32 Å². The van der Waals surface area contributed by atoms with Crippen molar-refractivity contribution in [2.75, 3.05) is 5.88 Å². The van der Waals surface area contributed by atoms with Crippen molar-refractivity contribution in [1.29, 1.82) is 0 Å². The molecule has 2 aromatic carbocycles. The van der Waals surface area contributed by atoms with Crippen molar-refractivity contribution in [1.82, 2.24) is 5.32 Å². The van der Waals surface area contributed by atoms with Crippen molar-refractivity contribution in [3.05, 3.63) is 70.5 Å². The summed E-state index contributed by atoms with van der Waals surface area (Å²) < 4.78 is 13.8. The number of alkyl halides is 1. The second kappa shape index (κ2) is 6.90. The average Bonchev–Trinajstić information content (AvgIpc) is 2.45. The molecule has 100 valence electrons. The Balaban J connectivity index is 2.06. The molecule has 0 spiro atoms. The number of nitrogens with one attached hydrogen (secondary N) is 1. The molecule has 1 nitrogen and oxygen atoms in total. The zero-order valence-electron chi connectivity index (χ0n) is 10.2. The van der Waals surface area contributed by atoms with Crippen LogP contribution in [0.5, 0.6) is 0 Å². The van der Waals surface area contributed by atoms with Gasteiger partial charge in [0.25, 0.3) is 0 Å². The van der Waals surface area contributed by atoms with Crippen LogP contribution in [0.2, 0.25) is 5.02 Å². The first-order valence-corrected chi connectivity index (χ1v) is 6.91. The minimum atomic E-state index is -0.377. The highest BCUT2D eigenvalue weighted by Gasteiger charge is 2.11. The highest BCUT2D eigenvalue weighted by atomic mass is 35.5. The van der Waals surface area contributed by atoms with Gasteiger partial charge in [0, 0.05) is 24.0 Å². The third-order valence-electron chi connectivity index (χ3n) is 2.93. The molecule has 0 amide bonds. The molecule has 2 aromatic rings. The van der Waals surface area contributed by atoms with Crippen LogP contribution in [0.15, 0.2) is 48.5 Å². The van der Waals surface area contributed by atoms with Gasteiger partial charge in [-0.05, 0) is 11.6 Å². The topological polar surface area (TPSA) is 12.0 Å². The van der Waals surface area contributed by atoms with E-state index in [0.717, 1.165) is 5.56 Å². The minimum Gasteiger partial charge on any atom is -0.305 e. The number of benzene rings is 2. The van der Waals surface area contributed by atoms with Gasteiger partial charge >= 0.3 is 0 Å². The SMILES string of the molecule is Fc1c(Cl)cccc1CNC(CCl)c1ccccc1. The first-order chi connectivity index (χ1) is 9.22. The summed E-state index contributed by atoms with van der Waals surface area (Å²) in [6.07, 6.45) is 0.